The normalized spacial score (nSPS) is 16.8. The van der Waals surface area contributed by atoms with E-state index in [1.54, 1.807) is 6.20 Å². The number of nitrogens with one attached hydrogen (secondary N) is 2. The lowest BCUT2D eigenvalue weighted by Gasteiger charge is -2.22. The van der Waals surface area contributed by atoms with Crippen LogP contribution in [0.5, 0.6) is 0 Å². The minimum Gasteiger partial charge on any atom is -0.381 e. The van der Waals surface area contributed by atoms with E-state index in [0.29, 0.717) is 11.9 Å². The zero-order valence-electron chi connectivity index (χ0n) is 9.87. The minimum atomic E-state index is 0.627. The van der Waals surface area contributed by atoms with E-state index in [0.717, 1.165) is 42.9 Å². The fourth-order valence-corrected chi connectivity index (χ4v) is 2.13. The summed E-state index contributed by atoms with van der Waals surface area (Å²) in [5.41, 5.74) is 0. The van der Waals surface area contributed by atoms with E-state index in [-0.39, 0.29) is 0 Å². The molecule has 0 aliphatic carbocycles. The summed E-state index contributed by atoms with van der Waals surface area (Å²) in [6.45, 7) is 2.68. The van der Waals surface area contributed by atoms with Crippen LogP contribution in [0.4, 0.5) is 11.8 Å². The van der Waals surface area contributed by atoms with Crippen LogP contribution in [0.3, 0.4) is 0 Å². The Kier molecular flexibility index (Phi) is 4.56. The van der Waals surface area contributed by atoms with Crippen molar-refractivity contribution in [2.24, 2.45) is 5.92 Å². The molecule has 0 radical (unpaired) electrons. The van der Waals surface area contributed by atoms with Crippen LogP contribution in [-0.2, 0) is 4.74 Å². The Morgan fingerprint density at radius 3 is 2.94 bits per heavy atom. The van der Waals surface area contributed by atoms with Crippen molar-refractivity contribution in [3.8, 4) is 0 Å². The Hall–Kier alpha value is -0.880. The molecule has 5 nitrogen and oxygen atoms in total. The van der Waals surface area contributed by atoms with Crippen LogP contribution in [0.15, 0.2) is 10.7 Å². The molecule has 2 rings (SSSR count). The van der Waals surface area contributed by atoms with Gasteiger partial charge >= 0.3 is 0 Å². The topological polar surface area (TPSA) is 59.1 Å². The van der Waals surface area contributed by atoms with E-state index in [4.69, 9.17) is 4.74 Å². The number of hydrogen-bond acceptors (Lipinski definition) is 5. The fourth-order valence-electron chi connectivity index (χ4n) is 1.80. The quantitative estimate of drug-likeness (QED) is 0.892. The van der Waals surface area contributed by atoms with Crippen molar-refractivity contribution in [3.05, 3.63) is 10.7 Å². The highest BCUT2D eigenvalue weighted by atomic mass is 79.9. The van der Waals surface area contributed by atoms with Gasteiger partial charge in [-0.05, 0) is 34.7 Å². The van der Waals surface area contributed by atoms with E-state index in [9.17, 15) is 0 Å². The van der Waals surface area contributed by atoms with Crippen molar-refractivity contribution >= 4 is 27.7 Å². The van der Waals surface area contributed by atoms with Crippen LogP contribution in [-0.4, -0.2) is 36.8 Å². The standard InChI is InChI=1S/C11H17BrN4O/c1-13-11-15-7-9(12)10(16-11)14-6-8-2-4-17-5-3-8/h7-8H,2-6H2,1H3,(H2,13,14,15,16). The van der Waals surface area contributed by atoms with E-state index in [1.807, 2.05) is 7.05 Å². The van der Waals surface area contributed by atoms with Gasteiger partial charge in [0.15, 0.2) is 0 Å². The molecule has 0 amide bonds. The third-order valence-corrected chi connectivity index (χ3v) is 3.45. The van der Waals surface area contributed by atoms with Crippen LogP contribution in [0.25, 0.3) is 0 Å². The number of nitrogens with zero attached hydrogens (tertiary/aromatic N) is 2. The van der Waals surface area contributed by atoms with Gasteiger partial charge in [-0.15, -0.1) is 0 Å². The smallest absolute Gasteiger partial charge is 0.224 e. The van der Waals surface area contributed by atoms with E-state index in [1.165, 1.54) is 0 Å². The zero-order chi connectivity index (χ0) is 12.1. The number of anilines is 2. The summed E-state index contributed by atoms with van der Waals surface area (Å²) in [5.74, 6) is 2.14. The van der Waals surface area contributed by atoms with E-state index < -0.39 is 0 Å². The van der Waals surface area contributed by atoms with Crippen molar-refractivity contribution in [3.63, 3.8) is 0 Å². The molecule has 0 saturated carbocycles. The zero-order valence-corrected chi connectivity index (χ0v) is 11.5. The van der Waals surface area contributed by atoms with E-state index >= 15 is 0 Å². The SMILES string of the molecule is CNc1ncc(Br)c(NCC2CCOCC2)n1. The molecule has 1 fully saturated rings. The average Bonchev–Trinajstić information content (AvgIpc) is 2.39. The Bertz CT molecular complexity index is 368. The maximum atomic E-state index is 5.34. The van der Waals surface area contributed by atoms with Gasteiger partial charge < -0.3 is 15.4 Å². The number of halogens is 1. The maximum absolute atomic E-state index is 5.34. The Labute approximate surface area is 110 Å². The molecule has 0 unspecified atom stereocenters. The van der Waals surface area contributed by atoms with Gasteiger partial charge in [0, 0.05) is 33.0 Å². The Morgan fingerprint density at radius 1 is 1.47 bits per heavy atom. The number of ether oxygens (including phenoxy) is 1. The largest absolute Gasteiger partial charge is 0.381 e. The third kappa shape index (κ3) is 3.54. The van der Waals surface area contributed by atoms with Gasteiger partial charge in [-0.2, -0.15) is 4.98 Å². The Balaban J connectivity index is 1.92. The van der Waals surface area contributed by atoms with Gasteiger partial charge in [0.25, 0.3) is 0 Å². The van der Waals surface area contributed by atoms with Crippen LogP contribution >= 0.6 is 15.9 Å². The first-order valence-electron chi connectivity index (χ1n) is 5.81. The minimum absolute atomic E-state index is 0.627. The predicted octanol–water partition coefficient (Wildman–Crippen LogP) is 2.12. The van der Waals surface area contributed by atoms with Crippen LogP contribution in [0.2, 0.25) is 0 Å². The van der Waals surface area contributed by atoms with Crippen LogP contribution < -0.4 is 10.6 Å². The molecule has 2 heterocycles. The molecule has 0 spiro atoms. The predicted molar refractivity (Wildman–Crippen MR) is 71.3 cm³/mol. The van der Waals surface area contributed by atoms with E-state index in [2.05, 4.69) is 36.5 Å². The molecule has 17 heavy (non-hydrogen) atoms. The molecule has 1 aliphatic heterocycles. The van der Waals surface area contributed by atoms with Gasteiger partial charge in [0.1, 0.15) is 5.82 Å². The maximum Gasteiger partial charge on any atom is 0.224 e. The number of hydrogen-bond donors (Lipinski definition) is 2. The first-order valence-corrected chi connectivity index (χ1v) is 6.61. The Morgan fingerprint density at radius 2 is 2.24 bits per heavy atom. The van der Waals surface area contributed by atoms with Crippen molar-refractivity contribution < 1.29 is 4.74 Å². The van der Waals surface area contributed by atoms with Crippen molar-refractivity contribution in [1.29, 1.82) is 0 Å². The second-order valence-electron chi connectivity index (χ2n) is 4.08. The molecule has 1 saturated heterocycles. The lowest BCUT2D eigenvalue weighted by molar-refractivity contribution is 0.0699. The third-order valence-electron chi connectivity index (χ3n) is 2.87. The van der Waals surface area contributed by atoms with Gasteiger partial charge in [-0.3, -0.25) is 0 Å². The number of aromatic nitrogens is 2. The number of rotatable bonds is 4. The molecule has 1 aromatic rings. The summed E-state index contributed by atoms with van der Waals surface area (Å²) in [4.78, 5) is 8.49. The highest BCUT2D eigenvalue weighted by Gasteiger charge is 2.14. The van der Waals surface area contributed by atoms with Crippen molar-refractivity contribution in [2.75, 3.05) is 37.4 Å². The molecule has 0 atom stereocenters. The second-order valence-corrected chi connectivity index (χ2v) is 4.93. The highest BCUT2D eigenvalue weighted by molar-refractivity contribution is 9.10. The van der Waals surface area contributed by atoms with Gasteiger partial charge in [0.05, 0.1) is 4.47 Å². The molecule has 0 bridgehead atoms. The lowest BCUT2D eigenvalue weighted by Crippen LogP contribution is -2.23. The summed E-state index contributed by atoms with van der Waals surface area (Å²) in [6.07, 6.45) is 3.99. The van der Waals surface area contributed by atoms with Gasteiger partial charge in [-0.1, -0.05) is 0 Å². The summed E-state index contributed by atoms with van der Waals surface area (Å²) >= 11 is 3.44. The van der Waals surface area contributed by atoms with Crippen molar-refractivity contribution in [2.45, 2.75) is 12.8 Å². The first-order chi connectivity index (χ1) is 8.29. The van der Waals surface area contributed by atoms with Crippen LogP contribution in [0.1, 0.15) is 12.8 Å². The molecule has 1 aliphatic rings. The molecule has 1 aromatic heterocycles. The van der Waals surface area contributed by atoms with Gasteiger partial charge in [0.2, 0.25) is 5.95 Å². The monoisotopic (exact) mass is 300 g/mol. The molecule has 94 valence electrons. The van der Waals surface area contributed by atoms with Crippen molar-refractivity contribution in [1.82, 2.24) is 9.97 Å². The molecule has 0 aromatic carbocycles. The summed E-state index contributed by atoms with van der Waals surface area (Å²) in [6, 6.07) is 0. The molecular weight excluding hydrogens is 284 g/mol. The summed E-state index contributed by atoms with van der Waals surface area (Å²) < 4.78 is 6.23. The first kappa shape index (κ1) is 12.6. The summed E-state index contributed by atoms with van der Waals surface area (Å²) in [5, 5.41) is 6.29. The van der Waals surface area contributed by atoms with Crippen LogP contribution in [0, 0.1) is 5.92 Å². The van der Waals surface area contributed by atoms with Gasteiger partial charge in [-0.25, -0.2) is 4.98 Å². The average molecular weight is 301 g/mol. The fraction of sp³-hybridized carbons (Fsp3) is 0.636. The molecule has 2 N–H and O–H groups in total. The second kappa shape index (κ2) is 6.16. The molecular formula is C11H17BrN4O. The summed E-state index contributed by atoms with van der Waals surface area (Å²) in [7, 11) is 1.81. The highest BCUT2D eigenvalue weighted by Crippen LogP contribution is 2.22. The lowest BCUT2D eigenvalue weighted by atomic mass is 10.0. The molecule has 6 heteroatoms.